The van der Waals surface area contributed by atoms with Gasteiger partial charge in [-0.1, -0.05) is 48.5 Å². The number of nitro groups is 1. The van der Waals surface area contributed by atoms with Crippen LogP contribution < -0.4 is 4.90 Å². The molecular weight excluding hydrogens is 400 g/mol. The van der Waals surface area contributed by atoms with Gasteiger partial charge in [0.15, 0.2) is 0 Å². The van der Waals surface area contributed by atoms with E-state index in [4.69, 9.17) is 4.74 Å². The third-order valence-corrected chi connectivity index (χ3v) is 5.39. The molecular formula is C23H18N2O6. The van der Waals surface area contributed by atoms with Crippen LogP contribution in [-0.4, -0.2) is 35.7 Å². The van der Waals surface area contributed by atoms with Crippen molar-refractivity contribution in [3.63, 3.8) is 0 Å². The average molecular weight is 418 g/mol. The Kier molecular flexibility index (Phi) is 5.12. The lowest BCUT2D eigenvalue weighted by Gasteiger charge is -2.20. The van der Waals surface area contributed by atoms with E-state index in [1.165, 1.54) is 7.05 Å². The summed E-state index contributed by atoms with van der Waals surface area (Å²) in [5.41, 5.74) is 3.53. The fraction of sp³-hybridized carbons (Fsp3) is 0.130. The van der Waals surface area contributed by atoms with Crippen LogP contribution in [0.5, 0.6) is 0 Å². The maximum atomic E-state index is 12.7. The van der Waals surface area contributed by atoms with E-state index in [1.807, 2.05) is 48.5 Å². The smallest absolute Gasteiger partial charge is 0.414 e. The second-order valence-electron chi connectivity index (χ2n) is 7.13. The maximum absolute atomic E-state index is 12.7. The lowest BCUT2D eigenvalue weighted by atomic mass is 9.98. The van der Waals surface area contributed by atoms with E-state index in [9.17, 15) is 24.8 Å². The molecule has 156 valence electrons. The number of benzene rings is 3. The molecule has 0 heterocycles. The van der Waals surface area contributed by atoms with E-state index in [0.29, 0.717) is 0 Å². The second kappa shape index (κ2) is 7.91. The van der Waals surface area contributed by atoms with Crippen LogP contribution >= 0.6 is 0 Å². The number of hydrogen-bond acceptors (Lipinski definition) is 5. The number of carbonyl (C=O) groups is 2. The Hall–Kier alpha value is -4.20. The third kappa shape index (κ3) is 3.59. The van der Waals surface area contributed by atoms with Gasteiger partial charge in [0.25, 0.3) is 5.69 Å². The van der Waals surface area contributed by atoms with Crippen LogP contribution in [0.15, 0.2) is 66.7 Å². The Morgan fingerprint density at radius 3 is 2.16 bits per heavy atom. The number of nitro benzene ring substituents is 1. The van der Waals surface area contributed by atoms with E-state index in [0.717, 1.165) is 45.4 Å². The molecule has 1 aliphatic rings. The zero-order valence-electron chi connectivity index (χ0n) is 16.5. The molecule has 3 aromatic carbocycles. The van der Waals surface area contributed by atoms with Gasteiger partial charge < -0.3 is 9.84 Å². The van der Waals surface area contributed by atoms with Gasteiger partial charge >= 0.3 is 12.1 Å². The molecule has 1 amide bonds. The minimum Gasteiger partial charge on any atom is -0.478 e. The molecule has 0 fully saturated rings. The Morgan fingerprint density at radius 1 is 1.03 bits per heavy atom. The van der Waals surface area contributed by atoms with Crippen molar-refractivity contribution in [3.05, 3.63) is 93.5 Å². The van der Waals surface area contributed by atoms with Crippen LogP contribution in [0, 0.1) is 10.1 Å². The number of carboxylic acids is 1. The van der Waals surface area contributed by atoms with Gasteiger partial charge in [0.05, 0.1) is 10.5 Å². The quantitative estimate of drug-likeness (QED) is 0.476. The van der Waals surface area contributed by atoms with Crippen molar-refractivity contribution in [3.8, 4) is 11.1 Å². The minimum atomic E-state index is -1.25. The van der Waals surface area contributed by atoms with Crippen LogP contribution in [0.3, 0.4) is 0 Å². The van der Waals surface area contributed by atoms with Gasteiger partial charge in [-0.3, -0.25) is 15.0 Å². The predicted octanol–water partition coefficient (Wildman–Crippen LogP) is 4.68. The molecule has 0 saturated heterocycles. The number of hydrogen-bond donors (Lipinski definition) is 1. The highest BCUT2D eigenvalue weighted by atomic mass is 16.6. The maximum Gasteiger partial charge on any atom is 0.414 e. The monoisotopic (exact) mass is 418 g/mol. The van der Waals surface area contributed by atoms with Crippen LogP contribution in [0.2, 0.25) is 0 Å². The molecule has 1 aliphatic carbocycles. The molecule has 8 heteroatoms. The summed E-state index contributed by atoms with van der Waals surface area (Å²) >= 11 is 0. The first kappa shape index (κ1) is 20.1. The van der Waals surface area contributed by atoms with Crippen LogP contribution in [0.25, 0.3) is 11.1 Å². The van der Waals surface area contributed by atoms with E-state index < -0.39 is 17.0 Å². The van der Waals surface area contributed by atoms with Gasteiger partial charge in [0.2, 0.25) is 0 Å². The lowest BCUT2D eigenvalue weighted by molar-refractivity contribution is -0.384. The number of carboxylic acid groups (broad SMARTS) is 1. The number of amides is 1. The Labute approximate surface area is 177 Å². The lowest BCUT2D eigenvalue weighted by Crippen LogP contribution is -2.29. The molecule has 0 radical (unpaired) electrons. The first-order chi connectivity index (χ1) is 14.9. The highest BCUT2D eigenvalue weighted by Crippen LogP contribution is 2.44. The van der Waals surface area contributed by atoms with Crippen LogP contribution in [0.1, 0.15) is 27.4 Å². The molecule has 0 bridgehead atoms. The van der Waals surface area contributed by atoms with E-state index in [2.05, 4.69) is 0 Å². The average Bonchev–Trinajstić information content (AvgIpc) is 3.10. The summed E-state index contributed by atoms with van der Waals surface area (Å²) in [6.45, 7) is 0.0453. The number of anilines is 1. The normalized spacial score (nSPS) is 12.0. The molecule has 0 unspecified atom stereocenters. The number of fused-ring (bicyclic) bond motifs is 3. The summed E-state index contributed by atoms with van der Waals surface area (Å²) in [5.74, 6) is -1.41. The van der Waals surface area contributed by atoms with Crippen molar-refractivity contribution in [2.45, 2.75) is 5.92 Å². The standard InChI is InChI=1S/C23H18N2O6/c1-24(21-12-14(22(26)27)10-11-20(21)25(29)30)23(28)31-13-19-17-8-4-2-6-15(17)16-7-3-5-9-18(16)19/h2-12,19H,13H2,1H3,(H,26,27). The zero-order valence-corrected chi connectivity index (χ0v) is 16.5. The van der Waals surface area contributed by atoms with Gasteiger partial charge in [-0.25, -0.2) is 9.59 Å². The molecule has 0 spiro atoms. The van der Waals surface area contributed by atoms with Gasteiger partial charge in [-0.2, -0.15) is 0 Å². The Morgan fingerprint density at radius 2 is 1.61 bits per heavy atom. The van der Waals surface area contributed by atoms with Gasteiger partial charge in [0.1, 0.15) is 12.3 Å². The van der Waals surface area contributed by atoms with Gasteiger partial charge in [-0.15, -0.1) is 0 Å². The minimum absolute atomic E-state index is 0.0453. The number of rotatable bonds is 5. The summed E-state index contributed by atoms with van der Waals surface area (Å²) < 4.78 is 5.51. The third-order valence-electron chi connectivity index (χ3n) is 5.39. The molecule has 3 aromatic rings. The first-order valence-corrected chi connectivity index (χ1v) is 9.49. The molecule has 4 rings (SSSR count). The van der Waals surface area contributed by atoms with Gasteiger partial charge in [0, 0.05) is 19.0 Å². The van der Waals surface area contributed by atoms with Crippen LogP contribution in [-0.2, 0) is 4.74 Å². The fourth-order valence-corrected chi connectivity index (χ4v) is 3.87. The molecule has 0 atom stereocenters. The molecule has 0 saturated carbocycles. The summed E-state index contributed by atoms with van der Waals surface area (Å²) in [6.07, 6.45) is -0.812. The summed E-state index contributed by atoms with van der Waals surface area (Å²) in [4.78, 5) is 35.6. The molecule has 0 aliphatic heterocycles. The first-order valence-electron chi connectivity index (χ1n) is 9.49. The number of aromatic carboxylic acids is 1. The second-order valence-corrected chi connectivity index (χ2v) is 7.13. The molecule has 0 aromatic heterocycles. The van der Waals surface area contributed by atoms with Gasteiger partial charge in [-0.05, 0) is 34.4 Å². The topological polar surface area (TPSA) is 110 Å². The fourth-order valence-electron chi connectivity index (χ4n) is 3.87. The summed E-state index contributed by atoms with van der Waals surface area (Å²) in [7, 11) is 1.31. The SMILES string of the molecule is CN(C(=O)OCC1c2ccccc2-c2ccccc21)c1cc(C(=O)O)ccc1[N+](=O)[O-]. The van der Waals surface area contributed by atoms with Crippen molar-refractivity contribution in [2.75, 3.05) is 18.6 Å². The van der Waals surface area contributed by atoms with E-state index >= 15 is 0 Å². The Balaban J connectivity index is 1.58. The van der Waals surface area contributed by atoms with Crippen molar-refractivity contribution < 1.29 is 24.4 Å². The summed E-state index contributed by atoms with van der Waals surface area (Å²) in [5, 5.41) is 20.5. The summed E-state index contributed by atoms with van der Waals surface area (Å²) in [6, 6.07) is 19.0. The largest absolute Gasteiger partial charge is 0.478 e. The van der Waals surface area contributed by atoms with Crippen LogP contribution in [0.4, 0.5) is 16.2 Å². The number of carbonyl (C=O) groups excluding carboxylic acids is 1. The van der Waals surface area contributed by atoms with Crippen molar-refractivity contribution in [1.29, 1.82) is 0 Å². The molecule has 1 N–H and O–H groups in total. The molecule has 8 nitrogen and oxygen atoms in total. The predicted molar refractivity (Wildman–Crippen MR) is 114 cm³/mol. The number of ether oxygens (including phenoxy) is 1. The van der Waals surface area contributed by atoms with Crippen molar-refractivity contribution in [1.82, 2.24) is 0 Å². The highest BCUT2D eigenvalue weighted by Gasteiger charge is 2.30. The van der Waals surface area contributed by atoms with E-state index in [1.54, 1.807) is 0 Å². The Bertz CT molecular complexity index is 1160. The van der Waals surface area contributed by atoms with Crippen molar-refractivity contribution >= 4 is 23.4 Å². The van der Waals surface area contributed by atoms with Crippen molar-refractivity contribution in [2.24, 2.45) is 0 Å². The number of nitrogens with zero attached hydrogens (tertiary/aromatic N) is 2. The zero-order chi connectivity index (χ0) is 22.1. The highest BCUT2D eigenvalue weighted by molar-refractivity contribution is 5.95. The molecule has 31 heavy (non-hydrogen) atoms. The van der Waals surface area contributed by atoms with E-state index in [-0.39, 0.29) is 29.5 Å².